The van der Waals surface area contributed by atoms with Crippen molar-refractivity contribution in [3.63, 3.8) is 0 Å². The first kappa shape index (κ1) is 20.6. The Bertz CT molecular complexity index is 1680. The van der Waals surface area contributed by atoms with Gasteiger partial charge in [0.05, 0.1) is 12.0 Å². The molecule has 0 unspecified atom stereocenters. The normalized spacial score (nSPS) is 11.8. The summed E-state index contributed by atoms with van der Waals surface area (Å²) < 4.78 is 5.87. The van der Waals surface area contributed by atoms with Gasteiger partial charge in [-0.05, 0) is 65.9 Å². The lowest BCUT2D eigenvalue weighted by molar-refractivity contribution is 0.616. The van der Waals surface area contributed by atoms with Gasteiger partial charge >= 0.3 is 0 Å². The average Bonchev–Trinajstić information content (AvgIpc) is 3.32. The van der Waals surface area contributed by atoms with Crippen molar-refractivity contribution in [1.29, 1.82) is 0 Å². The molecule has 0 aliphatic heterocycles. The predicted octanol–water partition coefficient (Wildman–Crippen LogP) is 8.37. The molecule has 0 N–H and O–H groups in total. The molecule has 0 fully saturated rings. The highest BCUT2D eigenvalue weighted by atomic mass is 16.3. The van der Waals surface area contributed by atoms with Crippen LogP contribution in [0.15, 0.2) is 89.7 Å². The summed E-state index contributed by atoms with van der Waals surface area (Å²) in [5.41, 5.74) is 8.40. The number of pyridine rings is 2. The zero-order valence-electron chi connectivity index (χ0n) is 19.7. The van der Waals surface area contributed by atoms with E-state index in [0.29, 0.717) is 5.92 Å². The fourth-order valence-corrected chi connectivity index (χ4v) is 4.86. The van der Waals surface area contributed by atoms with Crippen molar-refractivity contribution in [2.75, 3.05) is 0 Å². The van der Waals surface area contributed by atoms with Crippen molar-refractivity contribution in [2.24, 2.45) is 5.92 Å². The molecule has 0 bridgehead atoms. The second kappa shape index (κ2) is 8.11. The Hall–Kier alpha value is -3.98. The Morgan fingerprint density at radius 2 is 1.68 bits per heavy atom. The van der Waals surface area contributed by atoms with Crippen LogP contribution in [0.2, 0.25) is 0 Å². The fourth-order valence-electron chi connectivity index (χ4n) is 4.86. The molecule has 0 atom stereocenters. The van der Waals surface area contributed by atoms with E-state index in [0.717, 1.165) is 56.4 Å². The number of fused-ring (bicyclic) bond motifs is 4. The molecule has 0 aliphatic rings. The second-order valence-corrected chi connectivity index (χ2v) is 9.52. The SMILES string of the molecule is Cc1ccc2cc(-c3cccnc3-c3cc4ccoc4c4nc(CC(C)C)ccc34)ccc2c1. The minimum atomic E-state index is 0.541. The number of aromatic nitrogens is 2. The number of nitrogens with zero attached hydrogens (tertiary/aromatic N) is 2. The molecule has 0 amide bonds. The molecule has 0 saturated carbocycles. The van der Waals surface area contributed by atoms with Crippen molar-refractivity contribution in [3.05, 3.63) is 96.5 Å². The maximum absolute atomic E-state index is 5.87. The molecular weight excluding hydrogens is 416 g/mol. The number of rotatable bonds is 4. The van der Waals surface area contributed by atoms with E-state index in [4.69, 9.17) is 14.4 Å². The first-order valence-electron chi connectivity index (χ1n) is 11.8. The maximum atomic E-state index is 5.87. The van der Waals surface area contributed by atoms with Gasteiger partial charge in [-0.15, -0.1) is 0 Å². The van der Waals surface area contributed by atoms with Crippen LogP contribution in [0.3, 0.4) is 0 Å². The minimum absolute atomic E-state index is 0.541. The van der Waals surface area contributed by atoms with E-state index in [1.807, 2.05) is 18.3 Å². The Morgan fingerprint density at radius 1 is 0.824 bits per heavy atom. The van der Waals surface area contributed by atoms with Gasteiger partial charge in [-0.2, -0.15) is 0 Å². The summed E-state index contributed by atoms with van der Waals surface area (Å²) in [6, 6.07) is 25.9. The highest BCUT2D eigenvalue weighted by Gasteiger charge is 2.17. The lowest BCUT2D eigenvalue weighted by Gasteiger charge is -2.14. The first-order valence-corrected chi connectivity index (χ1v) is 11.8. The summed E-state index contributed by atoms with van der Waals surface area (Å²) >= 11 is 0. The monoisotopic (exact) mass is 442 g/mol. The van der Waals surface area contributed by atoms with E-state index in [-0.39, 0.29) is 0 Å². The fraction of sp³-hybridized carbons (Fsp3) is 0.161. The van der Waals surface area contributed by atoms with Crippen molar-refractivity contribution in [2.45, 2.75) is 27.2 Å². The van der Waals surface area contributed by atoms with Crippen molar-refractivity contribution in [3.8, 4) is 22.4 Å². The number of hydrogen-bond acceptors (Lipinski definition) is 3. The molecule has 34 heavy (non-hydrogen) atoms. The van der Waals surface area contributed by atoms with Crippen LogP contribution in [0.1, 0.15) is 25.1 Å². The molecule has 0 radical (unpaired) electrons. The molecule has 3 heterocycles. The van der Waals surface area contributed by atoms with Crippen LogP contribution in [0.5, 0.6) is 0 Å². The molecule has 3 aromatic heterocycles. The van der Waals surface area contributed by atoms with Gasteiger partial charge in [-0.25, -0.2) is 4.98 Å². The Labute approximate surface area is 199 Å². The van der Waals surface area contributed by atoms with Gasteiger partial charge in [0, 0.05) is 33.8 Å². The van der Waals surface area contributed by atoms with Gasteiger partial charge < -0.3 is 4.42 Å². The molecule has 3 nitrogen and oxygen atoms in total. The van der Waals surface area contributed by atoms with Crippen molar-refractivity contribution < 1.29 is 4.42 Å². The van der Waals surface area contributed by atoms with Gasteiger partial charge in [-0.1, -0.05) is 61.9 Å². The smallest absolute Gasteiger partial charge is 0.160 e. The minimum Gasteiger partial charge on any atom is -0.462 e. The summed E-state index contributed by atoms with van der Waals surface area (Å²) in [6.07, 6.45) is 4.55. The molecule has 6 rings (SSSR count). The molecule has 3 aromatic carbocycles. The topological polar surface area (TPSA) is 38.9 Å². The molecule has 0 saturated heterocycles. The maximum Gasteiger partial charge on any atom is 0.160 e. The summed E-state index contributed by atoms with van der Waals surface area (Å²) in [4.78, 5) is 9.91. The summed E-state index contributed by atoms with van der Waals surface area (Å²) in [6.45, 7) is 6.57. The highest BCUT2D eigenvalue weighted by molar-refractivity contribution is 6.10. The molecule has 6 aromatic rings. The van der Waals surface area contributed by atoms with Crippen LogP contribution in [0, 0.1) is 12.8 Å². The zero-order chi connectivity index (χ0) is 23.2. The quantitative estimate of drug-likeness (QED) is 0.275. The largest absolute Gasteiger partial charge is 0.462 e. The van der Waals surface area contributed by atoms with Gasteiger partial charge in [0.2, 0.25) is 0 Å². The Morgan fingerprint density at radius 3 is 2.56 bits per heavy atom. The van der Waals surface area contributed by atoms with E-state index in [9.17, 15) is 0 Å². The standard InChI is InChI=1S/C31H26N2O/c1-19(2)15-25-10-11-27-28(18-24-12-14-34-31(24)30(27)33-25)29-26(5-4-13-32-29)23-9-8-21-16-20(3)6-7-22(21)17-23/h4-14,16-19H,15H2,1-3H3. The van der Waals surface area contributed by atoms with Gasteiger partial charge in [0.1, 0.15) is 5.52 Å². The van der Waals surface area contributed by atoms with Crippen LogP contribution in [-0.2, 0) is 6.42 Å². The molecular formula is C31H26N2O. The van der Waals surface area contributed by atoms with Crippen molar-refractivity contribution >= 4 is 32.6 Å². The van der Waals surface area contributed by atoms with Crippen LogP contribution >= 0.6 is 0 Å². The van der Waals surface area contributed by atoms with E-state index >= 15 is 0 Å². The van der Waals surface area contributed by atoms with Crippen LogP contribution in [-0.4, -0.2) is 9.97 Å². The Kier molecular flexibility index (Phi) is 4.91. The first-order chi connectivity index (χ1) is 16.6. The van der Waals surface area contributed by atoms with E-state index in [2.05, 4.69) is 81.4 Å². The van der Waals surface area contributed by atoms with E-state index in [1.54, 1.807) is 6.26 Å². The third kappa shape index (κ3) is 3.54. The third-order valence-electron chi connectivity index (χ3n) is 6.44. The average molecular weight is 443 g/mol. The molecule has 0 aliphatic carbocycles. The Balaban J connectivity index is 1.59. The molecule has 0 spiro atoms. The summed E-state index contributed by atoms with van der Waals surface area (Å²) in [7, 11) is 0. The third-order valence-corrected chi connectivity index (χ3v) is 6.44. The number of hydrogen-bond donors (Lipinski definition) is 0. The lowest BCUT2D eigenvalue weighted by atomic mass is 9.94. The van der Waals surface area contributed by atoms with Crippen LogP contribution in [0.4, 0.5) is 0 Å². The number of aryl methyl sites for hydroxylation is 1. The highest BCUT2D eigenvalue weighted by Crippen LogP contribution is 2.39. The van der Waals surface area contributed by atoms with Gasteiger partial charge in [0.15, 0.2) is 5.58 Å². The van der Waals surface area contributed by atoms with Gasteiger partial charge in [0.25, 0.3) is 0 Å². The molecule has 166 valence electrons. The van der Waals surface area contributed by atoms with Crippen LogP contribution < -0.4 is 0 Å². The molecule has 3 heteroatoms. The zero-order valence-corrected chi connectivity index (χ0v) is 19.7. The summed E-state index contributed by atoms with van der Waals surface area (Å²) in [5.74, 6) is 0.541. The number of benzene rings is 3. The predicted molar refractivity (Wildman–Crippen MR) is 141 cm³/mol. The van der Waals surface area contributed by atoms with E-state index in [1.165, 1.54) is 16.3 Å². The van der Waals surface area contributed by atoms with Gasteiger partial charge in [-0.3, -0.25) is 4.98 Å². The van der Waals surface area contributed by atoms with Crippen molar-refractivity contribution in [1.82, 2.24) is 9.97 Å². The number of furan rings is 1. The van der Waals surface area contributed by atoms with E-state index < -0.39 is 0 Å². The lowest BCUT2D eigenvalue weighted by Crippen LogP contribution is -1.98. The second-order valence-electron chi connectivity index (χ2n) is 9.52. The van der Waals surface area contributed by atoms with Crippen LogP contribution in [0.25, 0.3) is 55.0 Å². The summed E-state index contributed by atoms with van der Waals surface area (Å²) in [5, 5.41) is 4.59.